The number of aromatic nitrogens is 3. The summed E-state index contributed by atoms with van der Waals surface area (Å²) in [6.45, 7) is 4.50. The van der Waals surface area contributed by atoms with E-state index in [1.165, 1.54) is 13.4 Å². The fourth-order valence-electron chi connectivity index (χ4n) is 2.75. The Morgan fingerprint density at radius 1 is 1.22 bits per heavy atom. The molecule has 27 heavy (non-hydrogen) atoms. The molecule has 3 rings (SSSR count). The maximum absolute atomic E-state index is 12.6. The van der Waals surface area contributed by atoms with Crippen LogP contribution in [0.1, 0.15) is 46.6 Å². The van der Waals surface area contributed by atoms with E-state index in [2.05, 4.69) is 20.7 Å². The number of hydrogen-bond acceptors (Lipinski definition) is 5. The predicted octanol–water partition coefficient (Wildman–Crippen LogP) is 2.41. The molecule has 0 saturated carbocycles. The monoisotopic (exact) mass is 367 g/mol. The minimum absolute atomic E-state index is 0.217. The second kappa shape index (κ2) is 7.86. The number of nitrogens with zero attached hydrogens (tertiary/aromatic N) is 3. The van der Waals surface area contributed by atoms with Gasteiger partial charge in [-0.1, -0.05) is 12.1 Å². The molecule has 0 aliphatic heterocycles. The van der Waals surface area contributed by atoms with Crippen molar-refractivity contribution < 1.29 is 14.0 Å². The van der Waals surface area contributed by atoms with Crippen molar-refractivity contribution in [2.45, 2.75) is 26.4 Å². The maximum atomic E-state index is 12.6. The molecule has 3 aromatic rings. The van der Waals surface area contributed by atoms with Gasteiger partial charge in [0, 0.05) is 24.7 Å². The van der Waals surface area contributed by atoms with E-state index in [1.54, 1.807) is 35.0 Å². The lowest BCUT2D eigenvalue weighted by Gasteiger charge is -2.14. The minimum Gasteiger partial charge on any atom is -0.451 e. The van der Waals surface area contributed by atoms with E-state index < -0.39 is 0 Å². The lowest BCUT2D eigenvalue weighted by molar-refractivity contribution is 0.0928. The van der Waals surface area contributed by atoms with Crippen LogP contribution in [0.15, 0.2) is 47.1 Å². The average molecular weight is 367 g/mol. The molecule has 2 amide bonds. The van der Waals surface area contributed by atoms with E-state index in [0.29, 0.717) is 29.3 Å². The van der Waals surface area contributed by atoms with Crippen molar-refractivity contribution in [3.63, 3.8) is 0 Å². The molecule has 0 aliphatic carbocycles. The Bertz CT molecular complexity index is 960. The Kier molecular flexibility index (Phi) is 5.35. The van der Waals surface area contributed by atoms with Gasteiger partial charge in [0.15, 0.2) is 5.76 Å². The summed E-state index contributed by atoms with van der Waals surface area (Å²) in [4.78, 5) is 28.5. The molecule has 0 saturated heterocycles. The number of nitrogens with one attached hydrogen (secondary N) is 2. The molecule has 8 heteroatoms. The maximum Gasteiger partial charge on any atom is 0.286 e. The van der Waals surface area contributed by atoms with Crippen molar-refractivity contribution in [3.05, 3.63) is 59.9 Å². The van der Waals surface area contributed by atoms with Crippen molar-refractivity contribution in [2.24, 2.45) is 0 Å². The number of carbonyl (C=O) groups excluding carboxylic acids is 2. The Balaban J connectivity index is 1.77. The molecule has 2 aromatic heterocycles. The van der Waals surface area contributed by atoms with Crippen LogP contribution in [0.5, 0.6) is 0 Å². The van der Waals surface area contributed by atoms with Gasteiger partial charge in [0.1, 0.15) is 17.9 Å². The number of hydrogen-bond donors (Lipinski definition) is 2. The largest absolute Gasteiger partial charge is 0.451 e. The highest BCUT2D eigenvalue weighted by Crippen LogP contribution is 2.23. The number of carbonyl (C=O) groups is 2. The first-order chi connectivity index (χ1) is 13.0. The van der Waals surface area contributed by atoms with Gasteiger partial charge in [0.2, 0.25) is 0 Å². The SMILES string of the molecule is CCn1ncnc1[C@@H](C)NC(=O)c1cccc(-c2ccc(C(=O)NC)o2)c1. The van der Waals surface area contributed by atoms with Crippen molar-refractivity contribution >= 4 is 11.8 Å². The van der Waals surface area contributed by atoms with Gasteiger partial charge >= 0.3 is 0 Å². The van der Waals surface area contributed by atoms with Gasteiger partial charge in [-0.3, -0.25) is 9.59 Å². The third-order valence-corrected chi connectivity index (χ3v) is 4.15. The quantitative estimate of drug-likeness (QED) is 0.696. The van der Waals surface area contributed by atoms with Gasteiger partial charge in [0.25, 0.3) is 11.8 Å². The number of furan rings is 1. The Labute approximate surface area is 156 Å². The topological polar surface area (TPSA) is 102 Å². The molecule has 0 radical (unpaired) electrons. The molecule has 1 aromatic carbocycles. The van der Waals surface area contributed by atoms with Crippen LogP contribution in [0, 0.1) is 0 Å². The molecule has 0 bridgehead atoms. The smallest absolute Gasteiger partial charge is 0.286 e. The van der Waals surface area contributed by atoms with Crippen LogP contribution < -0.4 is 10.6 Å². The van der Waals surface area contributed by atoms with Crippen molar-refractivity contribution in [2.75, 3.05) is 7.05 Å². The lowest BCUT2D eigenvalue weighted by Crippen LogP contribution is -2.28. The highest BCUT2D eigenvalue weighted by molar-refractivity contribution is 5.95. The molecule has 2 heterocycles. The first-order valence-electron chi connectivity index (χ1n) is 8.64. The van der Waals surface area contributed by atoms with E-state index in [-0.39, 0.29) is 23.6 Å². The number of aryl methyl sites for hydroxylation is 1. The predicted molar refractivity (Wildman–Crippen MR) is 99.1 cm³/mol. The van der Waals surface area contributed by atoms with Gasteiger partial charge in [-0.15, -0.1) is 0 Å². The van der Waals surface area contributed by atoms with Gasteiger partial charge in [0.05, 0.1) is 6.04 Å². The molecular weight excluding hydrogens is 346 g/mol. The lowest BCUT2D eigenvalue weighted by atomic mass is 10.1. The highest BCUT2D eigenvalue weighted by atomic mass is 16.3. The Morgan fingerprint density at radius 3 is 2.78 bits per heavy atom. The summed E-state index contributed by atoms with van der Waals surface area (Å²) in [7, 11) is 1.54. The van der Waals surface area contributed by atoms with Gasteiger partial charge in [-0.25, -0.2) is 9.67 Å². The zero-order valence-corrected chi connectivity index (χ0v) is 15.4. The van der Waals surface area contributed by atoms with Crippen LogP contribution in [0.3, 0.4) is 0 Å². The van der Waals surface area contributed by atoms with Crippen molar-refractivity contribution in [3.8, 4) is 11.3 Å². The van der Waals surface area contributed by atoms with Crippen molar-refractivity contribution in [1.29, 1.82) is 0 Å². The summed E-state index contributed by atoms with van der Waals surface area (Å²) in [5, 5.41) is 9.56. The van der Waals surface area contributed by atoms with Crippen LogP contribution in [0.25, 0.3) is 11.3 Å². The zero-order valence-electron chi connectivity index (χ0n) is 15.4. The van der Waals surface area contributed by atoms with Crippen molar-refractivity contribution in [1.82, 2.24) is 25.4 Å². The molecule has 0 fully saturated rings. The van der Waals surface area contributed by atoms with Crippen LogP contribution in [-0.4, -0.2) is 33.6 Å². The van der Waals surface area contributed by atoms with E-state index in [0.717, 1.165) is 0 Å². The van der Waals surface area contributed by atoms with Crippen LogP contribution >= 0.6 is 0 Å². The molecule has 140 valence electrons. The second-order valence-electron chi connectivity index (χ2n) is 5.95. The third kappa shape index (κ3) is 3.89. The molecule has 0 unspecified atom stereocenters. The van der Waals surface area contributed by atoms with E-state index in [9.17, 15) is 9.59 Å². The number of benzene rings is 1. The standard InChI is InChI=1S/C19H21N5O3/c1-4-24-17(21-11-22-24)12(2)23-18(25)14-7-5-6-13(10-14)15-8-9-16(27-15)19(26)20-3/h5-12H,4H2,1-3H3,(H,20,26)(H,23,25)/t12-/m1/s1. The molecular formula is C19H21N5O3. The average Bonchev–Trinajstić information content (AvgIpc) is 3.36. The van der Waals surface area contributed by atoms with E-state index in [1.807, 2.05) is 19.9 Å². The molecule has 1 atom stereocenters. The number of amides is 2. The summed E-state index contributed by atoms with van der Waals surface area (Å²) < 4.78 is 7.30. The first kappa shape index (κ1) is 18.4. The fraction of sp³-hybridized carbons (Fsp3) is 0.263. The van der Waals surface area contributed by atoms with Crippen LogP contribution in [0.4, 0.5) is 0 Å². The van der Waals surface area contributed by atoms with Gasteiger partial charge < -0.3 is 15.1 Å². The molecule has 8 nitrogen and oxygen atoms in total. The van der Waals surface area contributed by atoms with Gasteiger partial charge in [-0.05, 0) is 38.1 Å². The summed E-state index contributed by atoms with van der Waals surface area (Å²) in [5.41, 5.74) is 1.20. The zero-order chi connectivity index (χ0) is 19.4. The Morgan fingerprint density at radius 2 is 2.04 bits per heavy atom. The summed E-state index contributed by atoms with van der Waals surface area (Å²) in [6.07, 6.45) is 1.48. The summed E-state index contributed by atoms with van der Waals surface area (Å²) in [6, 6.07) is 10.0. The second-order valence-corrected chi connectivity index (χ2v) is 5.95. The first-order valence-corrected chi connectivity index (χ1v) is 8.64. The van der Waals surface area contributed by atoms with E-state index >= 15 is 0 Å². The normalized spacial score (nSPS) is 11.8. The fourth-order valence-corrected chi connectivity index (χ4v) is 2.75. The molecule has 0 spiro atoms. The summed E-state index contributed by atoms with van der Waals surface area (Å²) >= 11 is 0. The molecule has 2 N–H and O–H groups in total. The minimum atomic E-state index is -0.302. The summed E-state index contributed by atoms with van der Waals surface area (Å²) in [5.74, 6) is 0.900. The Hall–Kier alpha value is -3.42. The van der Waals surface area contributed by atoms with Gasteiger partial charge in [-0.2, -0.15) is 5.10 Å². The van der Waals surface area contributed by atoms with Crippen LogP contribution in [-0.2, 0) is 6.54 Å². The molecule has 0 aliphatic rings. The highest BCUT2D eigenvalue weighted by Gasteiger charge is 2.17. The third-order valence-electron chi connectivity index (χ3n) is 4.15. The van der Waals surface area contributed by atoms with E-state index in [4.69, 9.17) is 4.42 Å². The van der Waals surface area contributed by atoms with Crippen LogP contribution in [0.2, 0.25) is 0 Å². The number of rotatable bonds is 6.